The standard InChI is InChI=1S/C21H33N/c1-5-6-7-8-17-9-10-18-13-22-20-11-14(2)15(3)16(4)21(20)19(18)12-17/h12,14-16,22H,5-11,13H2,1-4H3. The summed E-state index contributed by atoms with van der Waals surface area (Å²) in [6.45, 7) is 10.7. The Morgan fingerprint density at radius 2 is 1.95 bits per heavy atom. The molecule has 3 unspecified atom stereocenters. The van der Waals surface area contributed by atoms with E-state index in [0.717, 1.165) is 18.4 Å². The van der Waals surface area contributed by atoms with Crippen molar-refractivity contribution in [3.63, 3.8) is 0 Å². The zero-order valence-corrected chi connectivity index (χ0v) is 15.0. The average molecular weight is 300 g/mol. The van der Waals surface area contributed by atoms with E-state index in [0.29, 0.717) is 5.92 Å². The molecule has 0 amide bonds. The lowest BCUT2D eigenvalue weighted by Crippen LogP contribution is -2.36. The molecule has 0 spiro atoms. The van der Waals surface area contributed by atoms with Crippen molar-refractivity contribution in [2.24, 2.45) is 17.8 Å². The molecule has 0 bridgehead atoms. The van der Waals surface area contributed by atoms with Crippen LogP contribution in [0.1, 0.15) is 72.6 Å². The summed E-state index contributed by atoms with van der Waals surface area (Å²) in [6, 6.07) is 0. The topological polar surface area (TPSA) is 12.0 Å². The Hall–Kier alpha value is -0.980. The molecule has 0 fully saturated rings. The van der Waals surface area contributed by atoms with Crippen LogP contribution in [0, 0.1) is 17.8 Å². The number of dihydropyridines is 1. The molecule has 1 nitrogen and oxygen atoms in total. The molecule has 0 radical (unpaired) electrons. The molecule has 3 rings (SSSR count). The predicted octanol–water partition coefficient (Wildman–Crippen LogP) is 5.75. The molecule has 3 aliphatic rings. The van der Waals surface area contributed by atoms with Crippen molar-refractivity contribution in [2.75, 3.05) is 6.54 Å². The fourth-order valence-electron chi connectivity index (χ4n) is 4.51. The number of rotatable bonds is 4. The maximum Gasteiger partial charge on any atom is 0.0366 e. The predicted molar refractivity (Wildman–Crippen MR) is 95.6 cm³/mol. The number of fused-ring (bicyclic) bond motifs is 1. The molecular weight excluding hydrogens is 266 g/mol. The fourth-order valence-corrected chi connectivity index (χ4v) is 4.51. The summed E-state index contributed by atoms with van der Waals surface area (Å²) < 4.78 is 0. The van der Waals surface area contributed by atoms with Gasteiger partial charge < -0.3 is 5.32 Å². The molecule has 2 aliphatic carbocycles. The summed E-state index contributed by atoms with van der Waals surface area (Å²) in [6.07, 6.45) is 11.8. The number of unbranched alkanes of at least 4 members (excludes halogenated alkanes) is 2. The van der Waals surface area contributed by atoms with Crippen molar-refractivity contribution < 1.29 is 0 Å². The minimum Gasteiger partial charge on any atom is -0.384 e. The van der Waals surface area contributed by atoms with E-state index in [1.807, 2.05) is 0 Å². The second-order valence-corrected chi connectivity index (χ2v) is 7.85. The molecule has 1 N–H and O–H groups in total. The van der Waals surface area contributed by atoms with Crippen LogP contribution in [0.4, 0.5) is 0 Å². The van der Waals surface area contributed by atoms with E-state index in [1.165, 1.54) is 44.9 Å². The van der Waals surface area contributed by atoms with Crippen LogP contribution >= 0.6 is 0 Å². The SMILES string of the molecule is CCCCCC1=CC2=C(CC1)CNC1=C2C(C)C(C)C(C)C1. The summed E-state index contributed by atoms with van der Waals surface area (Å²) in [5.41, 5.74) is 8.24. The van der Waals surface area contributed by atoms with Gasteiger partial charge in [-0.25, -0.2) is 0 Å². The normalized spacial score (nSPS) is 31.5. The summed E-state index contributed by atoms with van der Waals surface area (Å²) >= 11 is 0. The minimum atomic E-state index is 0.697. The van der Waals surface area contributed by atoms with Crippen LogP contribution in [0.15, 0.2) is 34.1 Å². The third kappa shape index (κ3) is 2.92. The molecule has 0 aromatic carbocycles. The first kappa shape index (κ1) is 15.9. The Kier molecular flexibility index (Phi) is 4.80. The summed E-state index contributed by atoms with van der Waals surface area (Å²) in [7, 11) is 0. The van der Waals surface area contributed by atoms with E-state index in [4.69, 9.17) is 0 Å². The lowest BCUT2D eigenvalue weighted by Gasteiger charge is -2.41. The molecule has 22 heavy (non-hydrogen) atoms. The smallest absolute Gasteiger partial charge is 0.0366 e. The fraction of sp³-hybridized carbons (Fsp3) is 0.714. The molecule has 0 aromatic heterocycles. The summed E-state index contributed by atoms with van der Waals surface area (Å²) in [5, 5.41) is 3.76. The molecule has 1 heterocycles. The summed E-state index contributed by atoms with van der Waals surface area (Å²) in [4.78, 5) is 0. The third-order valence-corrected chi connectivity index (χ3v) is 6.38. The highest BCUT2D eigenvalue weighted by atomic mass is 14.9. The molecular formula is C21H33N. The zero-order valence-electron chi connectivity index (χ0n) is 15.0. The van der Waals surface area contributed by atoms with Crippen molar-refractivity contribution in [2.45, 2.75) is 72.6 Å². The number of nitrogens with one attached hydrogen (secondary N) is 1. The molecule has 0 saturated heterocycles. The van der Waals surface area contributed by atoms with E-state index in [2.05, 4.69) is 39.1 Å². The van der Waals surface area contributed by atoms with Crippen molar-refractivity contribution in [3.05, 3.63) is 34.1 Å². The number of allylic oxidation sites excluding steroid dienone is 5. The maximum absolute atomic E-state index is 3.76. The van der Waals surface area contributed by atoms with E-state index in [-0.39, 0.29) is 0 Å². The van der Waals surface area contributed by atoms with Crippen molar-refractivity contribution in [3.8, 4) is 0 Å². The molecule has 122 valence electrons. The molecule has 1 aliphatic heterocycles. The Labute approximate surface area is 137 Å². The van der Waals surface area contributed by atoms with Gasteiger partial charge in [-0.1, -0.05) is 52.2 Å². The lowest BCUT2D eigenvalue weighted by molar-refractivity contribution is 0.277. The van der Waals surface area contributed by atoms with Crippen molar-refractivity contribution in [1.29, 1.82) is 0 Å². The van der Waals surface area contributed by atoms with Gasteiger partial charge in [-0.05, 0) is 66.6 Å². The van der Waals surface area contributed by atoms with E-state index >= 15 is 0 Å². The van der Waals surface area contributed by atoms with Gasteiger partial charge in [-0.3, -0.25) is 0 Å². The number of hydrogen-bond donors (Lipinski definition) is 1. The highest BCUT2D eigenvalue weighted by Crippen LogP contribution is 2.45. The first-order valence-corrected chi connectivity index (χ1v) is 9.50. The first-order chi connectivity index (χ1) is 10.6. The van der Waals surface area contributed by atoms with Gasteiger partial charge in [0.1, 0.15) is 0 Å². The Balaban J connectivity index is 1.86. The van der Waals surface area contributed by atoms with Gasteiger partial charge in [0.05, 0.1) is 0 Å². The van der Waals surface area contributed by atoms with E-state index in [9.17, 15) is 0 Å². The van der Waals surface area contributed by atoms with E-state index < -0.39 is 0 Å². The van der Waals surface area contributed by atoms with Crippen LogP contribution in [0.2, 0.25) is 0 Å². The lowest BCUT2D eigenvalue weighted by atomic mass is 9.68. The zero-order chi connectivity index (χ0) is 15.7. The second-order valence-electron chi connectivity index (χ2n) is 7.85. The molecule has 0 aromatic rings. The van der Waals surface area contributed by atoms with Crippen LogP contribution in [-0.2, 0) is 0 Å². The van der Waals surface area contributed by atoms with Crippen LogP contribution < -0.4 is 5.32 Å². The Morgan fingerprint density at radius 3 is 2.73 bits per heavy atom. The largest absolute Gasteiger partial charge is 0.384 e. The first-order valence-electron chi connectivity index (χ1n) is 9.50. The average Bonchev–Trinajstić information content (AvgIpc) is 2.52. The van der Waals surface area contributed by atoms with Gasteiger partial charge in [0, 0.05) is 12.2 Å². The van der Waals surface area contributed by atoms with Crippen molar-refractivity contribution in [1.82, 2.24) is 5.32 Å². The van der Waals surface area contributed by atoms with Crippen LogP contribution in [0.3, 0.4) is 0 Å². The van der Waals surface area contributed by atoms with Crippen molar-refractivity contribution >= 4 is 0 Å². The van der Waals surface area contributed by atoms with Gasteiger partial charge >= 0.3 is 0 Å². The highest BCUT2D eigenvalue weighted by molar-refractivity contribution is 5.53. The van der Waals surface area contributed by atoms with Gasteiger partial charge in [-0.15, -0.1) is 0 Å². The highest BCUT2D eigenvalue weighted by Gasteiger charge is 2.35. The van der Waals surface area contributed by atoms with Gasteiger partial charge in [0.25, 0.3) is 0 Å². The second kappa shape index (κ2) is 6.64. The van der Waals surface area contributed by atoms with Crippen LogP contribution in [-0.4, -0.2) is 6.54 Å². The number of hydrogen-bond acceptors (Lipinski definition) is 1. The summed E-state index contributed by atoms with van der Waals surface area (Å²) in [5.74, 6) is 2.30. The molecule has 1 heteroatoms. The molecule has 3 atom stereocenters. The monoisotopic (exact) mass is 299 g/mol. The maximum atomic E-state index is 3.76. The third-order valence-electron chi connectivity index (χ3n) is 6.38. The quantitative estimate of drug-likeness (QED) is 0.651. The Bertz CT molecular complexity index is 520. The van der Waals surface area contributed by atoms with Gasteiger partial charge in [0.2, 0.25) is 0 Å². The van der Waals surface area contributed by atoms with E-state index in [1.54, 1.807) is 28.0 Å². The molecule has 0 saturated carbocycles. The van der Waals surface area contributed by atoms with Gasteiger partial charge in [0.15, 0.2) is 0 Å². The Morgan fingerprint density at radius 1 is 1.14 bits per heavy atom. The van der Waals surface area contributed by atoms with Crippen LogP contribution in [0.25, 0.3) is 0 Å². The van der Waals surface area contributed by atoms with Crippen LogP contribution in [0.5, 0.6) is 0 Å². The van der Waals surface area contributed by atoms with Gasteiger partial charge in [-0.2, -0.15) is 0 Å². The minimum absolute atomic E-state index is 0.697.